The molecule has 1 aliphatic heterocycles. The van der Waals surface area contributed by atoms with Crippen LogP contribution in [0.15, 0.2) is 35.3 Å². The van der Waals surface area contributed by atoms with Gasteiger partial charge in [-0.05, 0) is 29.7 Å². The molecule has 0 aromatic carbocycles. The maximum Gasteiger partial charge on any atom is 0.323 e. The first-order valence-electron chi connectivity index (χ1n) is 4.90. The van der Waals surface area contributed by atoms with Crippen molar-refractivity contribution in [2.45, 2.75) is 6.42 Å². The molecule has 0 saturated heterocycles. The van der Waals surface area contributed by atoms with Crippen molar-refractivity contribution in [2.75, 3.05) is 13.1 Å². The minimum absolute atomic E-state index is 0.0701. The van der Waals surface area contributed by atoms with E-state index in [0.29, 0.717) is 18.5 Å². The van der Waals surface area contributed by atoms with E-state index in [1.54, 1.807) is 11.1 Å². The summed E-state index contributed by atoms with van der Waals surface area (Å²) in [5.41, 5.74) is 1.56. The highest BCUT2D eigenvalue weighted by molar-refractivity contribution is 6.05. The third-order valence-corrected chi connectivity index (χ3v) is 2.55. The second-order valence-corrected chi connectivity index (χ2v) is 3.76. The molecule has 0 radical (unpaired) electrons. The van der Waals surface area contributed by atoms with E-state index < -0.39 is 5.97 Å². The number of nitrogens with zero attached hydrogens (tertiary/aromatic N) is 1. The van der Waals surface area contributed by atoms with E-state index in [-0.39, 0.29) is 18.1 Å². The molecule has 0 saturated carbocycles. The monoisotopic (exact) mass is 221 g/mol. The van der Waals surface area contributed by atoms with Gasteiger partial charge in [-0.25, -0.2) is 0 Å². The maximum atomic E-state index is 11.2. The Morgan fingerprint density at radius 2 is 2.19 bits per heavy atom. The molecular formula is C11H11NO4. The van der Waals surface area contributed by atoms with Crippen LogP contribution in [0.1, 0.15) is 6.42 Å². The molecule has 2 rings (SSSR count). The van der Waals surface area contributed by atoms with Crippen LogP contribution in [0.4, 0.5) is 0 Å². The van der Waals surface area contributed by atoms with Gasteiger partial charge in [-0.1, -0.05) is 0 Å². The number of hydrogen-bond donors (Lipinski definition) is 2. The smallest absolute Gasteiger partial charge is 0.323 e. The van der Waals surface area contributed by atoms with Crippen LogP contribution in [0.2, 0.25) is 0 Å². The number of rotatable bonds is 2. The van der Waals surface area contributed by atoms with Gasteiger partial charge in [-0.3, -0.25) is 9.59 Å². The largest absolute Gasteiger partial charge is 0.504 e. The Labute approximate surface area is 92.0 Å². The van der Waals surface area contributed by atoms with Crippen molar-refractivity contribution in [3.8, 4) is 0 Å². The fourth-order valence-corrected chi connectivity index (χ4v) is 1.79. The van der Waals surface area contributed by atoms with Crippen LogP contribution in [0.3, 0.4) is 0 Å². The molecule has 2 aliphatic rings. The number of carboxylic acid groups (broad SMARTS) is 1. The highest BCUT2D eigenvalue weighted by Crippen LogP contribution is 2.26. The van der Waals surface area contributed by atoms with Crippen LogP contribution in [0.5, 0.6) is 0 Å². The number of carbonyl (C=O) groups is 2. The Morgan fingerprint density at radius 1 is 1.44 bits per heavy atom. The molecule has 0 atom stereocenters. The average Bonchev–Trinajstić information content (AvgIpc) is 2.19. The first-order chi connectivity index (χ1) is 7.56. The van der Waals surface area contributed by atoms with E-state index in [2.05, 4.69) is 0 Å². The summed E-state index contributed by atoms with van der Waals surface area (Å²) in [7, 11) is 0. The second-order valence-electron chi connectivity index (χ2n) is 3.76. The zero-order valence-electron chi connectivity index (χ0n) is 8.51. The molecule has 84 valence electrons. The lowest BCUT2D eigenvalue weighted by Gasteiger charge is -2.27. The highest BCUT2D eigenvalue weighted by atomic mass is 16.4. The highest BCUT2D eigenvalue weighted by Gasteiger charge is 2.21. The lowest BCUT2D eigenvalue weighted by atomic mass is 9.93. The molecule has 2 N–H and O–H groups in total. The molecule has 0 amide bonds. The molecule has 0 spiro atoms. The first-order valence-corrected chi connectivity index (χ1v) is 4.90. The van der Waals surface area contributed by atoms with E-state index in [0.717, 1.165) is 5.57 Å². The summed E-state index contributed by atoms with van der Waals surface area (Å²) in [5, 5.41) is 17.9. The topological polar surface area (TPSA) is 77.8 Å². The molecule has 0 fully saturated rings. The van der Waals surface area contributed by atoms with Crippen molar-refractivity contribution in [1.29, 1.82) is 0 Å². The van der Waals surface area contributed by atoms with Crippen LogP contribution < -0.4 is 0 Å². The zero-order valence-corrected chi connectivity index (χ0v) is 8.51. The molecule has 1 heterocycles. The van der Waals surface area contributed by atoms with Crippen molar-refractivity contribution in [2.24, 2.45) is 0 Å². The van der Waals surface area contributed by atoms with Gasteiger partial charge in [0.25, 0.3) is 0 Å². The molecule has 1 aliphatic carbocycles. The lowest BCUT2D eigenvalue weighted by Crippen LogP contribution is -2.30. The number of aliphatic hydroxyl groups excluding tert-OH is 1. The Balaban J connectivity index is 2.24. The van der Waals surface area contributed by atoms with Crippen molar-refractivity contribution in [3.05, 3.63) is 35.3 Å². The molecule has 5 nitrogen and oxygen atoms in total. The molecule has 5 heteroatoms. The van der Waals surface area contributed by atoms with Gasteiger partial charge < -0.3 is 15.1 Å². The molecular weight excluding hydrogens is 210 g/mol. The number of allylic oxidation sites excluding steroid dienone is 3. The number of aliphatic carboxylic acids is 1. The van der Waals surface area contributed by atoms with Gasteiger partial charge in [-0.2, -0.15) is 0 Å². The van der Waals surface area contributed by atoms with Gasteiger partial charge in [0.2, 0.25) is 5.78 Å². The molecule has 0 aromatic heterocycles. The Hall–Kier alpha value is -2.04. The van der Waals surface area contributed by atoms with Crippen LogP contribution in [-0.4, -0.2) is 40.0 Å². The summed E-state index contributed by atoms with van der Waals surface area (Å²) >= 11 is 0. The summed E-state index contributed by atoms with van der Waals surface area (Å²) in [4.78, 5) is 23.4. The average molecular weight is 221 g/mol. The summed E-state index contributed by atoms with van der Waals surface area (Å²) in [6, 6.07) is 0. The normalized spacial score (nSPS) is 19.6. The summed E-state index contributed by atoms with van der Waals surface area (Å²) < 4.78 is 0. The second kappa shape index (κ2) is 3.84. The molecule has 0 bridgehead atoms. The summed E-state index contributed by atoms with van der Waals surface area (Å²) in [6.07, 6.45) is 5.06. The van der Waals surface area contributed by atoms with Crippen molar-refractivity contribution in [1.82, 2.24) is 4.90 Å². The third kappa shape index (κ3) is 1.98. The van der Waals surface area contributed by atoms with E-state index in [1.807, 2.05) is 0 Å². The Kier molecular flexibility index (Phi) is 2.52. The predicted octanol–water partition coefficient (Wildman–Crippen LogP) is 0.612. The minimum Gasteiger partial charge on any atom is -0.504 e. The van der Waals surface area contributed by atoms with Crippen LogP contribution in [-0.2, 0) is 9.59 Å². The summed E-state index contributed by atoms with van der Waals surface area (Å²) in [5.74, 6) is -1.59. The predicted molar refractivity (Wildman–Crippen MR) is 55.7 cm³/mol. The summed E-state index contributed by atoms with van der Waals surface area (Å²) in [6.45, 7) is 0.503. The fraction of sp³-hybridized carbons (Fsp3) is 0.273. The lowest BCUT2D eigenvalue weighted by molar-refractivity contribution is -0.137. The van der Waals surface area contributed by atoms with Crippen molar-refractivity contribution in [3.63, 3.8) is 0 Å². The standard InChI is InChI=1S/C11H11NO4/c13-9-3-7-1-2-12(6-11(15)16)5-8(7)4-10(9)14/h3-5,14H,1-2,6H2,(H,15,16). The van der Waals surface area contributed by atoms with Gasteiger partial charge in [-0.15, -0.1) is 0 Å². The number of hydrogen-bond acceptors (Lipinski definition) is 4. The van der Waals surface area contributed by atoms with E-state index >= 15 is 0 Å². The molecule has 0 aromatic rings. The number of carboxylic acids is 1. The zero-order chi connectivity index (χ0) is 11.7. The first kappa shape index (κ1) is 10.5. The fourth-order valence-electron chi connectivity index (χ4n) is 1.79. The van der Waals surface area contributed by atoms with Crippen LogP contribution in [0.25, 0.3) is 0 Å². The Bertz CT molecular complexity index is 445. The van der Waals surface area contributed by atoms with Crippen molar-refractivity contribution >= 4 is 11.8 Å². The van der Waals surface area contributed by atoms with Gasteiger partial charge in [0.1, 0.15) is 6.54 Å². The molecule has 0 unspecified atom stereocenters. The van der Waals surface area contributed by atoms with Crippen LogP contribution in [0, 0.1) is 0 Å². The SMILES string of the molecule is O=C(O)CN1C=C2C=C(O)C(=O)C=C2CC1. The number of aliphatic hydroxyl groups is 1. The van der Waals surface area contributed by atoms with E-state index in [9.17, 15) is 14.7 Å². The van der Waals surface area contributed by atoms with E-state index in [1.165, 1.54) is 12.2 Å². The third-order valence-electron chi connectivity index (χ3n) is 2.55. The van der Waals surface area contributed by atoms with Gasteiger partial charge in [0.05, 0.1) is 0 Å². The minimum atomic E-state index is -0.899. The molecule has 16 heavy (non-hydrogen) atoms. The van der Waals surface area contributed by atoms with Gasteiger partial charge >= 0.3 is 5.97 Å². The van der Waals surface area contributed by atoms with Crippen LogP contribution >= 0.6 is 0 Å². The quantitative estimate of drug-likeness (QED) is 0.714. The Morgan fingerprint density at radius 3 is 2.88 bits per heavy atom. The number of fused-ring (bicyclic) bond motifs is 1. The number of carbonyl (C=O) groups excluding carboxylic acids is 1. The number of ketones is 1. The van der Waals surface area contributed by atoms with E-state index in [4.69, 9.17) is 5.11 Å². The maximum absolute atomic E-state index is 11.2. The van der Waals surface area contributed by atoms with Gasteiger partial charge in [0, 0.05) is 12.7 Å². The van der Waals surface area contributed by atoms with Gasteiger partial charge in [0.15, 0.2) is 5.76 Å². The van der Waals surface area contributed by atoms with Crippen molar-refractivity contribution < 1.29 is 19.8 Å².